The number of carbonyl (C=O) groups excluding carboxylic acids is 2. The quantitative estimate of drug-likeness (QED) is 0.588. The van der Waals surface area contributed by atoms with Crippen molar-refractivity contribution in [3.05, 3.63) is 95.6 Å². The zero-order valence-electron chi connectivity index (χ0n) is 16.3. The molecule has 3 aromatic rings. The molecule has 0 aliphatic heterocycles. The predicted molar refractivity (Wildman–Crippen MR) is 112 cm³/mol. The zero-order chi connectivity index (χ0) is 20.5. The molecule has 1 N–H and O–H groups in total. The van der Waals surface area contributed by atoms with Crippen LogP contribution >= 0.6 is 0 Å². The molecule has 3 aromatic carbocycles. The van der Waals surface area contributed by atoms with Crippen molar-refractivity contribution in [2.75, 3.05) is 18.5 Å². The second-order valence-corrected chi connectivity index (χ2v) is 6.58. The Morgan fingerprint density at radius 3 is 2.31 bits per heavy atom. The number of nitrogens with one attached hydrogen (secondary N) is 1. The molecule has 3 rings (SSSR count). The first-order chi connectivity index (χ1) is 14.1. The van der Waals surface area contributed by atoms with Crippen LogP contribution in [-0.2, 0) is 20.7 Å². The lowest BCUT2D eigenvalue weighted by atomic mass is 10.0. The van der Waals surface area contributed by atoms with Crippen molar-refractivity contribution < 1.29 is 19.1 Å². The van der Waals surface area contributed by atoms with Gasteiger partial charge in [0.25, 0.3) is 5.91 Å². The molecule has 0 aromatic heterocycles. The number of para-hydroxylation sites is 2. The van der Waals surface area contributed by atoms with E-state index in [9.17, 15) is 9.59 Å². The summed E-state index contributed by atoms with van der Waals surface area (Å²) >= 11 is 0. The van der Waals surface area contributed by atoms with Gasteiger partial charge >= 0.3 is 5.97 Å². The van der Waals surface area contributed by atoms with Gasteiger partial charge in [-0.3, -0.25) is 4.79 Å². The highest BCUT2D eigenvalue weighted by Gasteiger charge is 2.11. The number of anilines is 1. The molecule has 0 unspecified atom stereocenters. The maximum absolute atomic E-state index is 12.2. The summed E-state index contributed by atoms with van der Waals surface area (Å²) < 4.78 is 10.4. The minimum Gasteiger partial charge on any atom is -0.482 e. The summed E-state index contributed by atoms with van der Waals surface area (Å²) in [6.45, 7) is 1.28. The van der Waals surface area contributed by atoms with Gasteiger partial charge in [-0.05, 0) is 42.2 Å². The monoisotopic (exact) mass is 389 g/mol. The number of ether oxygens (including phenoxy) is 2. The summed E-state index contributed by atoms with van der Waals surface area (Å²) in [5.74, 6) is -0.375. The van der Waals surface area contributed by atoms with E-state index < -0.39 is 11.9 Å². The van der Waals surface area contributed by atoms with Crippen LogP contribution in [0.15, 0.2) is 78.9 Å². The van der Waals surface area contributed by atoms with E-state index in [1.54, 1.807) is 6.07 Å². The molecule has 0 bridgehead atoms. The van der Waals surface area contributed by atoms with Crippen LogP contribution in [0.4, 0.5) is 5.69 Å². The molecule has 5 nitrogen and oxygen atoms in total. The fraction of sp³-hybridized carbons (Fsp3) is 0.167. The number of amides is 1. The number of benzene rings is 3. The van der Waals surface area contributed by atoms with E-state index in [-0.39, 0.29) is 13.2 Å². The standard InChI is InChI=1S/C24H23NO4/c1-18-9-5-8-14-22(18)28-17-24(27)29-16-23(26)25-21-13-7-6-12-20(21)15-19-10-3-2-4-11-19/h2-14H,15-17H2,1H3,(H,25,26). The van der Waals surface area contributed by atoms with E-state index >= 15 is 0 Å². The van der Waals surface area contributed by atoms with Gasteiger partial charge in [-0.15, -0.1) is 0 Å². The van der Waals surface area contributed by atoms with Gasteiger partial charge in [-0.25, -0.2) is 4.79 Å². The Morgan fingerprint density at radius 1 is 0.828 bits per heavy atom. The minimum atomic E-state index is -0.596. The van der Waals surface area contributed by atoms with Crippen LogP contribution in [0.1, 0.15) is 16.7 Å². The van der Waals surface area contributed by atoms with Gasteiger partial charge in [0.1, 0.15) is 5.75 Å². The fourth-order valence-electron chi connectivity index (χ4n) is 2.84. The zero-order valence-corrected chi connectivity index (χ0v) is 16.3. The summed E-state index contributed by atoms with van der Waals surface area (Å²) in [5, 5.41) is 2.81. The number of esters is 1. The van der Waals surface area contributed by atoms with Gasteiger partial charge in [-0.1, -0.05) is 66.7 Å². The van der Waals surface area contributed by atoms with Crippen molar-refractivity contribution in [1.82, 2.24) is 0 Å². The molecule has 148 valence electrons. The Hall–Kier alpha value is -3.60. The molecule has 1 amide bonds. The second-order valence-electron chi connectivity index (χ2n) is 6.58. The SMILES string of the molecule is Cc1ccccc1OCC(=O)OCC(=O)Nc1ccccc1Cc1ccccc1. The summed E-state index contributed by atoms with van der Waals surface area (Å²) in [5.41, 5.74) is 3.76. The van der Waals surface area contributed by atoms with Crippen LogP contribution in [0.3, 0.4) is 0 Å². The van der Waals surface area contributed by atoms with E-state index in [1.807, 2.05) is 79.7 Å². The molecule has 5 heteroatoms. The average Bonchev–Trinajstić information content (AvgIpc) is 2.74. The summed E-state index contributed by atoms with van der Waals surface area (Å²) in [7, 11) is 0. The smallest absolute Gasteiger partial charge is 0.344 e. The lowest BCUT2D eigenvalue weighted by Gasteiger charge is -2.12. The van der Waals surface area contributed by atoms with Gasteiger partial charge in [-0.2, -0.15) is 0 Å². The van der Waals surface area contributed by atoms with Crippen molar-refractivity contribution in [3.63, 3.8) is 0 Å². The molecule has 0 spiro atoms. The first kappa shape index (κ1) is 20.1. The number of carbonyl (C=O) groups is 2. The van der Waals surface area contributed by atoms with E-state index in [0.717, 1.165) is 16.7 Å². The van der Waals surface area contributed by atoms with Gasteiger partial charge in [0.05, 0.1) is 0 Å². The van der Waals surface area contributed by atoms with Crippen molar-refractivity contribution in [3.8, 4) is 5.75 Å². The second kappa shape index (κ2) is 10.1. The van der Waals surface area contributed by atoms with E-state index in [2.05, 4.69) is 5.32 Å². The number of rotatable bonds is 8. The molecule has 29 heavy (non-hydrogen) atoms. The van der Waals surface area contributed by atoms with Crippen molar-refractivity contribution in [2.24, 2.45) is 0 Å². The minimum absolute atomic E-state index is 0.247. The molecule has 0 fully saturated rings. The molecule has 0 saturated carbocycles. The third kappa shape index (κ3) is 6.21. The molecular weight excluding hydrogens is 366 g/mol. The molecule has 0 radical (unpaired) electrons. The van der Waals surface area contributed by atoms with Crippen LogP contribution in [-0.4, -0.2) is 25.1 Å². The topological polar surface area (TPSA) is 64.6 Å². The number of hydrogen-bond acceptors (Lipinski definition) is 4. The molecule has 0 aliphatic rings. The molecule has 0 aliphatic carbocycles. The lowest BCUT2D eigenvalue weighted by Crippen LogP contribution is -2.24. The Balaban J connectivity index is 1.49. The lowest BCUT2D eigenvalue weighted by molar-refractivity contribution is -0.149. The normalized spacial score (nSPS) is 10.2. The number of aryl methyl sites for hydroxylation is 1. The third-order valence-corrected chi connectivity index (χ3v) is 4.33. The van der Waals surface area contributed by atoms with Crippen LogP contribution in [0, 0.1) is 6.92 Å². The Kier molecular flexibility index (Phi) is 7.00. The van der Waals surface area contributed by atoms with Gasteiger partial charge < -0.3 is 14.8 Å². The Bertz CT molecular complexity index is 969. The maximum atomic E-state index is 12.2. The highest BCUT2D eigenvalue weighted by Crippen LogP contribution is 2.19. The van der Waals surface area contributed by atoms with Crippen LogP contribution in [0.2, 0.25) is 0 Å². The van der Waals surface area contributed by atoms with Gasteiger partial charge in [0.15, 0.2) is 13.2 Å². The van der Waals surface area contributed by atoms with Crippen LogP contribution in [0.5, 0.6) is 5.75 Å². The largest absolute Gasteiger partial charge is 0.482 e. The molecule has 0 atom stereocenters. The first-order valence-corrected chi connectivity index (χ1v) is 9.37. The van der Waals surface area contributed by atoms with Crippen molar-refractivity contribution in [2.45, 2.75) is 13.3 Å². The maximum Gasteiger partial charge on any atom is 0.344 e. The Labute approximate surface area is 170 Å². The summed E-state index contributed by atoms with van der Waals surface area (Å²) in [6, 6.07) is 25.0. The molecule has 0 saturated heterocycles. The Morgan fingerprint density at radius 2 is 1.52 bits per heavy atom. The van der Waals surface area contributed by atoms with E-state index in [1.165, 1.54) is 0 Å². The average molecular weight is 389 g/mol. The fourth-order valence-corrected chi connectivity index (χ4v) is 2.84. The highest BCUT2D eigenvalue weighted by molar-refractivity contribution is 5.93. The van der Waals surface area contributed by atoms with Gasteiger partial charge in [0.2, 0.25) is 0 Å². The first-order valence-electron chi connectivity index (χ1n) is 9.37. The van der Waals surface area contributed by atoms with Gasteiger partial charge in [0, 0.05) is 5.69 Å². The van der Waals surface area contributed by atoms with Crippen LogP contribution in [0.25, 0.3) is 0 Å². The summed E-state index contributed by atoms with van der Waals surface area (Å²) in [4.78, 5) is 24.1. The molecular formula is C24H23NO4. The van der Waals surface area contributed by atoms with E-state index in [0.29, 0.717) is 17.9 Å². The van der Waals surface area contributed by atoms with Crippen LogP contribution < -0.4 is 10.1 Å². The predicted octanol–water partition coefficient (Wildman–Crippen LogP) is 4.15. The number of hydrogen-bond donors (Lipinski definition) is 1. The van der Waals surface area contributed by atoms with E-state index in [4.69, 9.17) is 9.47 Å². The third-order valence-electron chi connectivity index (χ3n) is 4.33. The summed E-state index contributed by atoms with van der Waals surface area (Å²) in [6.07, 6.45) is 0.696. The van der Waals surface area contributed by atoms with Crippen molar-refractivity contribution >= 4 is 17.6 Å². The highest BCUT2D eigenvalue weighted by atomic mass is 16.6. The van der Waals surface area contributed by atoms with Crippen molar-refractivity contribution in [1.29, 1.82) is 0 Å². The molecule has 0 heterocycles.